The van der Waals surface area contributed by atoms with Gasteiger partial charge in [-0.3, -0.25) is 0 Å². The highest BCUT2D eigenvalue weighted by Crippen LogP contribution is 2.41. The molecule has 120 valence electrons. The summed E-state index contributed by atoms with van der Waals surface area (Å²) in [6.07, 6.45) is -0.485. The van der Waals surface area contributed by atoms with Crippen molar-refractivity contribution in [2.24, 2.45) is 0 Å². The average molecular weight is 331 g/mol. The standard InChI is InChI=1S/C14H15F2NO4S/c1-20-13(18)10-4-22-12(17-10)11-8(15)2-7(3-9(11)16)14(19)5-21-6-14/h2,4,9,12,17,19H,3,5-6H2,1H3. The molecule has 0 saturated carbocycles. The fourth-order valence-corrected chi connectivity index (χ4v) is 3.59. The molecule has 22 heavy (non-hydrogen) atoms. The van der Waals surface area contributed by atoms with Crippen LogP contribution in [0.2, 0.25) is 0 Å². The molecule has 0 amide bonds. The number of halogens is 2. The van der Waals surface area contributed by atoms with E-state index in [0.717, 1.165) is 11.8 Å². The number of rotatable bonds is 3. The van der Waals surface area contributed by atoms with Crippen LogP contribution in [0.4, 0.5) is 8.78 Å². The van der Waals surface area contributed by atoms with Gasteiger partial charge in [0.05, 0.1) is 20.3 Å². The van der Waals surface area contributed by atoms with Gasteiger partial charge in [-0.2, -0.15) is 0 Å². The Kier molecular flexibility index (Phi) is 4.00. The van der Waals surface area contributed by atoms with Gasteiger partial charge in [-0.1, -0.05) is 0 Å². The van der Waals surface area contributed by atoms with Crippen molar-refractivity contribution < 1.29 is 28.2 Å². The van der Waals surface area contributed by atoms with Crippen LogP contribution < -0.4 is 5.32 Å². The van der Waals surface area contributed by atoms with Gasteiger partial charge < -0.3 is 19.9 Å². The number of carbonyl (C=O) groups excluding carboxylic acids is 1. The molecule has 5 nitrogen and oxygen atoms in total. The van der Waals surface area contributed by atoms with Crippen molar-refractivity contribution in [3.8, 4) is 0 Å². The number of thioether (sulfide) groups is 1. The first-order valence-corrected chi connectivity index (χ1v) is 7.64. The molecule has 2 unspecified atom stereocenters. The highest BCUT2D eigenvalue weighted by Gasteiger charge is 2.44. The largest absolute Gasteiger partial charge is 0.464 e. The van der Waals surface area contributed by atoms with E-state index in [4.69, 9.17) is 4.74 Å². The number of esters is 1. The van der Waals surface area contributed by atoms with E-state index in [2.05, 4.69) is 10.1 Å². The Morgan fingerprint density at radius 2 is 2.32 bits per heavy atom. The summed E-state index contributed by atoms with van der Waals surface area (Å²) >= 11 is 1.11. The van der Waals surface area contributed by atoms with Crippen molar-refractivity contribution in [2.45, 2.75) is 23.6 Å². The molecule has 0 spiro atoms. The van der Waals surface area contributed by atoms with E-state index in [9.17, 15) is 18.7 Å². The van der Waals surface area contributed by atoms with Crippen LogP contribution in [0.25, 0.3) is 0 Å². The molecule has 1 fully saturated rings. The zero-order chi connectivity index (χ0) is 15.9. The maximum Gasteiger partial charge on any atom is 0.354 e. The quantitative estimate of drug-likeness (QED) is 0.760. The number of ether oxygens (including phenoxy) is 2. The van der Waals surface area contributed by atoms with Gasteiger partial charge >= 0.3 is 5.97 Å². The summed E-state index contributed by atoms with van der Waals surface area (Å²) in [6.45, 7) is 0.108. The lowest BCUT2D eigenvalue weighted by Gasteiger charge is -2.40. The lowest BCUT2D eigenvalue weighted by Crippen LogP contribution is -2.52. The summed E-state index contributed by atoms with van der Waals surface area (Å²) < 4.78 is 38.2. The number of hydrogen-bond donors (Lipinski definition) is 2. The zero-order valence-corrected chi connectivity index (χ0v) is 12.6. The van der Waals surface area contributed by atoms with Crippen LogP contribution in [-0.4, -0.2) is 48.5 Å². The van der Waals surface area contributed by atoms with E-state index in [1.807, 2.05) is 0 Å². The summed E-state index contributed by atoms with van der Waals surface area (Å²) in [5, 5.41) is 13.7. The third-order valence-electron chi connectivity index (χ3n) is 3.89. The average Bonchev–Trinajstić information content (AvgIpc) is 2.92. The zero-order valence-electron chi connectivity index (χ0n) is 11.8. The molecule has 0 aromatic rings. The van der Waals surface area contributed by atoms with Gasteiger partial charge in [0.25, 0.3) is 0 Å². The smallest absolute Gasteiger partial charge is 0.354 e. The third kappa shape index (κ3) is 2.55. The highest BCUT2D eigenvalue weighted by atomic mass is 32.2. The van der Waals surface area contributed by atoms with Crippen molar-refractivity contribution in [1.82, 2.24) is 5.32 Å². The van der Waals surface area contributed by atoms with Gasteiger partial charge in [0.1, 0.15) is 28.7 Å². The fourth-order valence-electron chi connectivity index (χ4n) is 2.56. The summed E-state index contributed by atoms with van der Waals surface area (Å²) in [6, 6.07) is 0. The molecule has 0 radical (unpaired) electrons. The topological polar surface area (TPSA) is 67.8 Å². The highest BCUT2D eigenvalue weighted by molar-refractivity contribution is 8.03. The number of carbonyl (C=O) groups is 1. The third-order valence-corrected chi connectivity index (χ3v) is 4.90. The van der Waals surface area contributed by atoms with Crippen LogP contribution in [0.3, 0.4) is 0 Å². The maximum atomic E-state index is 14.4. The first-order valence-electron chi connectivity index (χ1n) is 6.70. The summed E-state index contributed by atoms with van der Waals surface area (Å²) in [5.74, 6) is -1.31. The monoisotopic (exact) mass is 331 g/mol. The molecule has 2 heterocycles. The minimum absolute atomic E-state index is 0.0542. The molecule has 1 saturated heterocycles. The Hall–Kier alpha value is -1.38. The molecule has 2 aliphatic heterocycles. The van der Waals surface area contributed by atoms with E-state index >= 15 is 0 Å². The molecular weight excluding hydrogens is 316 g/mol. The van der Waals surface area contributed by atoms with Crippen LogP contribution in [0.15, 0.2) is 34.2 Å². The van der Waals surface area contributed by atoms with Gasteiger partial charge in [-0.15, -0.1) is 11.8 Å². The first kappa shape index (κ1) is 15.5. The number of nitrogens with one attached hydrogen (secondary N) is 1. The van der Waals surface area contributed by atoms with Crippen molar-refractivity contribution in [2.75, 3.05) is 20.3 Å². The Labute approximate surface area is 130 Å². The molecule has 3 aliphatic rings. The second-order valence-corrected chi connectivity index (χ2v) is 6.33. The normalized spacial score (nSPS) is 30.2. The molecule has 1 aliphatic carbocycles. The van der Waals surface area contributed by atoms with Crippen molar-refractivity contribution in [3.63, 3.8) is 0 Å². The fraction of sp³-hybridized carbons (Fsp3) is 0.500. The molecular formula is C14H15F2NO4S. The molecule has 0 aromatic heterocycles. The first-order chi connectivity index (χ1) is 10.4. The minimum atomic E-state index is -1.57. The van der Waals surface area contributed by atoms with Gasteiger partial charge in [-0.25, -0.2) is 13.6 Å². The summed E-state index contributed by atoms with van der Waals surface area (Å²) in [4.78, 5) is 11.4. The van der Waals surface area contributed by atoms with Crippen LogP contribution in [0, 0.1) is 0 Å². The number of alkyl halides is 1. The molecule has 2 atom stereocenters. The van der Waals surface area contributed by atoms with Crippen LogP contribution in [0.5, 0.6) is 0 Å². The van der Waals surface area contributed by atoms with Gasteiger partial charge in [0.2, 0.25) is 0 Å². The Morgan fingerprint density at radius 1 is 1.59 bits per heavy atom. The molecule has 2 N–H and O–H groups in total. The molecule has 0 aromatic carbocycles. The predicted octanol–water partition coefficient (Wildman–Crippen LogP) is 1.32. The van der Waals surface area contributed by atoms with E-state index in [0.29, 0.717) is 5.57 Å². The summed E-state index contributed by atoms with van der Waals surface area (Å²) in [7, 11) is 1.23. The van der Waals surface area contributed by atoms with Crippen molar-refractivity contribution in [3.05, 3.63) is 34.2 Å². The lowest BCUT2D eigenvalue weighted by molar-refractivity contribution is -0.156. The van der Waals surface area contributed by atoms with E-state index in [1.54, 1.807) is 0 Å². The lowest BCUT2D eigenvalue weighted by atomic mass is 9.83. The van der Waals surface area contributed by atoms with Gasteiger partial charge in [0, 0.05) is 17.4 Å². The molecule has 3 rings (SSSR count). The second-order valence-electron chi connectivity index (χ2n) is 5.35. The number of methoxy groups -OCH3 is 1. The Balaban J connectivity index is 1.79. The maximum absolute atomic E-state index is 14.4. The number of hydrogen-bond acceptors (Lipinski definition) is 6. The van der Waals surface area contributed by atoms with Gasteiger partial charge in [-0.05, 0) is 11.6 Å². The number of aliphatic hydroxyl groups is 1. The molecule has 0 bridgehead atoms. The van der Waals surface area contributed by atoms with Crippen LogP contribution in [0.1, 0.15) is 6.42 Å². The molecule has 8 heteroatoms. The van der Waals surface area contributed by atoms with Crippen molar-refractivity contribution >= 4 is 17.7 Å². The predicted molar refractivity (Wildman–Crippen MR) is 76.1 cm³/mol. The van der Waals surface area contributed by atoms with Gasteiger partial charge in [0.15, 0.2) is 0 Å². The van der Waals surface area contributed by atoms with Crippen molar-refractivity contribution in [1.29, 1.82) is 0 Å². The number of allylic oxidation sites excluding steroid dienone is 2. The second kappa shape index (κ2) is 5.68. The van der Waals surface area contributed by atoms with E-state index in [-0.39, 0.29) is 30.9 Å². The van der Waals surface area contributed by atoms with Crippen LogP contribution in [-0.2, 0) is 14.3 Å². The summed E-state index contributed by atoms with van der Waals surface area (Å²) in [5.41, 5.74) is -0.853. The Bertz CT molecular complexity index is 598. The minimum Gasteiger partial charge on any atom is -0.464 e. The Morgan fingerprint density at radius 3 is 2.86 bits per heavy atom. The van der Waals surface area contributed by atoms with E-state index < -0.39 is 28.9 Å². The van der Waals surface area contributed by atoms with Crippen LogP contribution >= 0.6 is 11.8 Å². The SMILES string of the molecule is COC(=O)C1=CSC(C2=C(F)C=C(C3(O)COC3)CC2F)N1. The van der Waals surface area contributed by atoms with E-state index in [1.165, 1.54) is 18.6 Å².